The van der Waals surface area contributed by atoms with Crippen LogP contribution in [0.15, 0.2) is 18.3 Å². The molecule has 2 aromatic heterocycles. The molecule has 1 atom stereocenters. The van der Waals surface area contributed by atoms with Gasteiger partial charge in [-0.1, -0.05) is 6.07 Å². The lowest BCUT2D eigenvalue weighted by molar-refractivity contribution is 0.457. The predicted octanol–water partition coefficient (Wildman–Crippen LogP) is 2.42. The van der Waals surface area contributed by atoms with Gasteiger partial charge in [-0.25, -0.2) is 4.98 Å². The molecule has 0 radical (unpaired) electrons. The Kier molecular flexibility index (Phi) is 2.63. The van der Waals surface area contributed by atoms with E-state index < -0.39 is 0 Å². The first-order chi connectivity index (χ1) is 8.25. The van der Waals surface area contributed by atoms with Crippen LogP contribution in [0.3, 0.4) is 0 Å². The summed E-state index contributed by atoms with van der Waals surface area (Å²) < 4.78 is 2.22. The van der Waals surface area contributed by atoms with Crippen LogP contribution in [0.25, 0.3) is 5.52 Å². The highest BCUT2D eigenvalue weighted by molar-refractivity contribution is 5.55. The molecule has 3 heteroatoms. The van der Waals surface area contributed by atoms with Crippen molar-refractivity contribution in [2.45, 2.75) is 32.6 Å². The van der Waals surface area contributed by atoms with Crippen LogP contribution in [0.1, 0.15) is 35.8 Å². The van der Waals surface area contributed by atoms with E-state index in [0.29, 0.717) is 5.92 Å². The normalized spacial score (nSPS) is 20.9. The number of nitrogens with zero attached hydrogens (tertiary/aromatic N) is 2. The number of imidazole rings is 1. The van der Waals surface area contributed by atoms with Gasteiger partial charge in [-0.15, -0.1) is 0 Å². The highest BCUT2D eigenvalue weighted by atomic mass is 15.0. The smallest absolute Gasteiger partial charge is 0.110 e. The molecule has 17 heavy (non-hydrogen) atoms. The van der Waals surface area contributed by atoms with Crippen LogP contribution in [0.5, 0.6) is 0 Å². The summed E-state index contributed by atoms with van der Waals surface area (Å²) in [5.74, 6) is 1.68. The van der Waals surface area contributed by atoms with Crippen LogP contribution in [0, 0.1) is 13.8 Å². The zero-order valence-corrected chi connectivity index (χ0v) is 10.5. The molecule has 3 heterocycles. The van der Waals surface area contributed by atoms with Crippen LogP contribution < -0.4 is 5.32 Å². The van der Waals surface area contributed by atoms with Crippen molar-refractivity contribution in [2.75, 3.05) is 13.1 Å². The van der Waals surface area contributed by atoms with Crippen LogP contribution >= 0.6 is 0 Å². The van der Waals surface area contributed by atoms with E-state index in [1.54, 1.807) is 0 Å². The Morgan fingerprint density at radius 1 is 1.35 bits per heavy atom. The number of hydrogen-bond acceptors (Lipinski definition) is 2. The molecular weight excluding hydrogens is 210 g/mol. The van der Waals surface area contributed by atoms with Gasteiger partial charge in [-0.2, -0.15) is 0 Å². The zero-order valence-electron chi connectivity index (χ0n) is 10.5. The van der Waals surface area contributed by atoms with Gasteiger partial charge in [0.05, 0.1) is 11.2 Å². The van der Waals surface area contributed by atoms with E-state index in [2.05, 4.69) is 41.9 Å². The number of piperidine rings is 1. The fourth-order valence-corrected chi connectivity index (χ4v) is 2.75. The number of aromatic nitrogens is 2. The summed E-state index contributed by atoms with van der Waals surface area (Å²) in [7, 11) is 0. The highest BCUT2D eigenvalue weighted by Gasteiger charge is 2.20. The third kappa shape index (κ3) is 1.84. The molecule has 1 unspecified atom stereocenters. The Morgan fingerprint density at radius 3 is 3.00 bits per heavy atom. The second-order valence-electron chi connectivity index (χ2n) is 5.05. The lowest BCUT2D eigenvalue weighted by Gasteiger charge is -2.21. The predicted molar refractivity (Wildman–Crippen MR) is 69.5 cm³/mol. The average Bonchev–Trinajstić information content (AvgIpc) is 2.68. The summed E-state index contributed by atoms with van der Waals surface area (Å²) in [6.45, 7) is 6.44. The minimum absolute atomic E-state index is 0.579. The van der Waals surface area contributed by atoms with Gasteiger partial charge in [-0.05, 0) is 44.9 Å². The van der Waals surface area contributed by atoms with Gasteiger partial charge in [0, 0.05) is 18.7 Å². The first kappa shape index (κ1) is 10.8. The lowest BCUT2D eigenvalue weighted by atomic mass is 9.95. The summed E-state index contributed by atoms with van der Waals surface area (Å²) in [4.78, 5) is 4.78. The number of nitrogens with one attached hydrogen (secondary N) is 1. The molecule has 0 bridgehead atoms. The van der Waals surface area contributed by atoms with Crippen molar-refractivity contribution in [1.82, 2.24) is 14.7 Å². The standard InChI is InChI=1S/C14H19N3/c1-10-5-6-13-14(12-4-3-7-15-8-12)16-11(2)17(13)9-10/h5-6,9,12,15H,3-4,7-8H2,1-2H3. The number of aryl methyl sites for hydroxylation is 2. The topological polar surface area (TPSA) is 29.3 Å². The molecule has 3 rings (SSSR count). The molecule has 0 aliphatic carbocycles. The Balaban J connectivity index is 2.10. The van der Waals surface area contributed by atoms with Crippen LogP contribution in [-0.2, 0) is 0 Å². The van der Waals surface area contributed by atoms with E-state index in [9.17, 15) is 0 Å². The maximum atomic E-state index is 4.78. The second kappa shape index (κ2) is 4.15. The van der Waals surface area contributed by atoms with E-state index in [1.165, 1.54) is 29.6 Å². The van der Waals surface area contributed by atoms with Gasteiger partial charge >= 0.3 is 0 Å². The minimum Gasteiger partial charge on any atom is -0.316 e. The molecule has 2 aromatic rings. The van der Waals surface area contributed by atoms with Gasteiger partial charge in [-0.3, -0.25) is 0 Å². The van der Waals surface area contributed by atoms with Crippen molar-refractivity contribution in [3.63, 3.8) is 0 Å². The fraction of sp³-hybridized carbons (Fsp3) is 0.500. The van der Waals surface area contributed by atoms with Crippen LogP contribution in [0.4, 0.5) is 0 Å². The lowest BCUT2D eigenvalue weighted by Crippen LogP contribution is -2.28. The third-order valence-electron chi connectivity index (χ3n) is 3.67. The summed E-state index contributed by atoms with van der Waals surface area (Å²) in [6, 6.07) is 4.38. The van der Waals surface area contributed by atoms with Crippen molar-refractivity contribution >= 4 is 5.52 Å². The molecule has 0 amide bonds. The maximum Gasteiger partial charge on any atom is 0.110 e. The second-order valence-corrected chi connectivity index (χ2v) is 5.05. The Morgan fingerprint density at radius 2 is 2.24 bits per heavy atom. The molecule has 90 valence electrons. The molecule has 1 fully saturated rings. The average molecular weight is 229 g/mol. The summed E-state index contributed by atoms with van der Waals surface area (Å²) >= 11 is 0. The molecule has 0 saturated carbocycles. The summed E-state index contributed by atoms with van der Waals surface area (Å²) in [5, 5.41) is 3.47. The minimum atomic E-state index is 0.579. The van der Waals surface area contributed by atoms with Gasteiger partial charge in [0.15, 0.2) is 0 Å². The zero-order chi connectivity index (χ0) is 11.8. The fourth-order valence-electron chi connectivity index (χ4n) is 2.75. The van der Waals surface area contributed by atoms with Crippen LogP contribution in [-0.4, -0.2) is 22.5 Å². The maximum absolute atomic E-state index is 4.78. The van der Waals surface area contributed by atoms with Gasteiger partial charge < -0.3 is 9.72 Å². The first-order valence-corrected chi connectivity index (χ1v) is 6.41. The van der Waals surface area contributed by atoms with E-state index in [-0.39, 0.29) is 0 Å². The van der Waals surface area contributed by atoms with E-state index in [4.69, 9.17) is 4.98 Å². The quantitative estimate of drug-likeness (QED) is 0.813. The van der Waals surface area contributed by atoms with E-state index in [1.807, 2.05) is 0 Å². The molecule has 1 saturated heterocycles. The number of fused-ring (bicyclic) bond motifs is 1. The van der Waals surface area contributed by atoms with Crippen molar-refractivity contribution < 1.29 is 0 Å². The number of pyridine rings is 1. The Labute approximate surface area is 102 Å². The number of rotatable bonds is 1. The SMILES string of the molecule is Cc1ccc2c(C3CCCNC3)nc(C)n2c1. The highest BCUT2D eigenvalue weighted by Crippen LogP contribution is 2.27. The van der Waals surface area contributed by atoms with Crippen LogP contribution in [0.2, 0.25) is 0 Å². The third-order valence-corrected chi connectivity index (χ3v) is 3.67. The summed E-state index contributed by atoms with van der Waals surface area (Å²) in [6.07, 6.45) is 4.69. The largest absolute Gasteiger partial charge is 0.316 e. The Bertz CT molecular complexity index is 536. The molecule has 0 aromatic carbocycles. The molecule has 0 spiro atoms. The molecule has 1 aliphatic rings. The van der Waals surface area contributed by atoms with Crippen molar-refractivity contribution in [3.05, 3.63) is 35.4 Å². The van der Waals surface area contributed by atoms with E-state index in [0.717, 1.165) is 18.9 Å². The van der Waals surface area contributed by atoms with Crippen molar-refractivity contribution in [3.8, 4) is 0 Å². The van der Waals surface area contributed by atoms with Gasteiger partial charge in [0.2, 0.25) is 0 Å². The Hall–Kier alpha value is -1.35. The van der Waals surface area contributed by atoms with E-state index >= 15 is 0 Å². The molecular formula is C14H19N3. The van der Waals surface area contributed by atoms with Gasteiger partial charge in [0.25, 0.3) is 0 Å². The molecule has 1 N–H and O–H groups in total. The number of hydrogen-bond donors (Lipinski definition) is 1. The first-order valence-electron chi connectivity index (χ1n) is 6.41. The molecule has 3 nitrogen and oxygen atoms in total. The molecule has 1 aliphatic heterocycles. The van der Waals surface area contributed by atoms with Crippen molar-refractivity contribution in [1.29, 1.82) is 0 Å². The van der Waals surface area contributed by atoms with Gasteiger partial charge in [0.1, 0.15) is 5.82 Å². The monoisotopic (exact) mass is 229 g/mol. The van der Waals surface area contributed by atoms with Crippen molar-refractivity contribution in [2.24, 2.45) is 0 Å². The summed E-state index contributed by atoms with van der Waals surface area (Å²) in [5.41, 5.74) is 3.84.